The number of rotatable bonds is 10. The molecule has 0 aliphatic carbocycles. The van der Waals surface area contributed by atoms with Crippen LogP contribution in [0.5, 0.6) is 0 Å². The predicted octanol–water partition coefficient (Wildman–Crippen LogP) is 2.87. The molecule has 0 saturated carbocycles. The van der Waals surface area contributed by atoms with E-state index in [1.807, 2.05) is 12.1 Å². The van der Waals surface area contributed by atoms with E-state index in [0.29, 0.717) is 35.9 Å². The number of furan rings is 1. The topological polar surface area (TPSA) is 104 Å². The van der Waals surface area contributed by atoms with Crippen molar-refractivity contribution in [3.8, 4) is 11.6 Å². The molecular weight excluding hydrogens is 509 g/mol. The van der Waals surface area contributed by atoms with Gasteiger partial charge in [-0.2, -0.15) is 0 Å². The molecule has 31 heavy (non-hydrogen) atoms. The van der Waals surface area contributed by atoms with Crippen molar-refractivity contribution in [2.75, 3.05) is 39.4 Å². The molecule has 1 saturated heterocycles. The van der Waals surface area contributed by atoms with Crippen LogP contribution in [0.4, 0.5) is 0 Å². The molecule has 3 N–H and O–H groups in total. The van der Waals surface area contributed by atoms with Gasteiger partial charge >= 0.3 is 0 Å². The van der Waals surface area contributed by atoms with E-state index in [9.17, 15) is 0 Å². The van der Waals surface area contributed by atoms with Crippen LogP contribution in [0.2, 0.25) is 0 Å². The van der Waals surface area contributed by atoms with E-state index >= 15 is 0 Å². The fraction of sp³-hybridized carbons (Fsp3) is 0.667. The van der Waals surface area contributed by atoms with Crippen LogP contribution in [0.25, 0.3) is 11.6 Å². The summed E-state index contributed by atoms with van der Waals surface area (Å²) in [5.74, 6) is 3.32. The quantitative estimate of drug-likeness (QED) is 0.240. The first-order valence-electron chi connectivity index (χ1n) is 11.0. The van der Waals surface area contributed by atoms with Crippen molar-refractivity contribution in [3.05, 3.63) is 24.2 Å². The number of guanidine groups is 1. The average molecular weight is 545 g/mol. The summed E-state index contributed by atoms with van der Waals surface area (Å²) in [5, 5.41) is 14.0. The Kier molecular flexibility index (Phi) is 11.3. The van der Waals surface area contributed by atoms with Gasteiger partial charge in [0.15, 0.2) is 11.7 Å². The maximum absolute atomic E-state index is 5.56. The highest BCUT2D eigenvalue weighted by Gasteiger charge is 2.27. The third-order valence-electron chi connectivity index (χ3n) is 5.59. The van der Waals surface area contributed by atoms with Gasteiger partial charge in [-0.05, 0) is 25.0 Å². The molecule has 1 aliphatic heterocycles. The van der Waals surface area contributed by atoms with Gasteiger partial charge in [0.2, 0.25) is 5.82 Å². The largest absolute Gasteiger partial charge is 0.461 e. The predicted molar refractivity (Wildman–Crippen MR) is 133 cm³/mol. The van der Waals surface area contributed by atoms with Crippen molar-refractivity contribution in [1.29, 1.82) is 0 Å². The number of H-pyrrole nitrogens is 1. The second kappa shape index (κ2) is 13.7. The Morgan fingerprint density at radius 1 is 1.23 bits per heavy atom. The first-order chi connectivity index (χ1) is 14.7. The lowest BCUT2D eigenvalue weighted by atomic mass is 9.92. The summed E-state index contributed by atoms with van der Waals surface area (Å²) in [6.07, 6.45) is 3.95. The molecule has 1 aliphatic rings. The number of ether oxygens (including phenoxy) is 1. The highest BCUT2D eigenvalue weighted by atomic mass is 127. The summed E-state index contributed by atoms with van der Waals surface area (Å²) in [6, 6.07) is 4.12. The van der Waals surface area contributed by atoms with Gasteiger partial charge in [0, 0.05) is 32.2 Å². The smallest absolute Gasteiger partial charge is 0.216 e. The highest BCUT2D eigenvalue weighted by molar-refractivity contribution is 14.0. The van der Waals surface area contributed by atoms with E-state index in [0.717, 1.165) is 45.4 Å². The van der Waals surface area contributed by atoms with Crippen LogP contribution < -0.4 is 10.6 Å². The van der Waals surface area contributed by atoms with E-state index in [4.69, 9.17) is 14.1 Å². The van der Waals surface area contributed by atoms with Gasteiger partial charge in [0.1, 0.15) is 12.4 Å². The van der Waals surface area contributed by atoms with Crippen LogP contribution in [0.3, 0.4) is 0 Å². The van der Waals surface area contributed by atoms with Crippen molar-refractivity contribution in [2.24, 2.45) is 10.9 Å². The number of hydrogen-bond acceptors (Lipinski definition) is 6. The standard InChI is InChI=1S/C21H35N7O2.HI/c1-4-16(5-2)17(28-9-12-29-13-10-28)14-23-21(22-6-3)24-15-19-25-20(27-26-19)18-8-7-11-30-18;/h7-8,11,16-17H,4-6,9-10,12-15H2,1-3H3,(H2,22,23,24)(H,25,26,27);1H. The minimum Gasteiger partial charge on any atom is -0.461 e. The molecule has 9 nitrogen and oxygen atoms in total. The minimum atomic E-state index is 0. The van der Waals surface area contributed by atoms with Gasteiger partial charge in [0.05, 0.1) is 19.5 Å². The van der Waals surface area contributed by atoms with E-state index in [1.54, 1.807) is 6.26 Å². The number of nitrogens with zero attached hydrogens (tertiary/aromatic N) is 4. The van der Waals surface area contributed by atoms with Crippen LogP contribution in [0, 0.1) is 5.92 Å². The van der Waals surface area contributed by atoms with E-state index in [1.165, 1.54) is 12.8 Å². The molecule has 10 heteroatoms. The minimum absolute atomic E-state index is 0. The Balaban J connectivity index is 0.00000341. The van der Waals surface area contributed by atoms with E-state index < -0.39 is 0 Å². The molecule has 1 fully saturated rings. The van der Waals surface area contributed by atoms with Crippen LogP contribution in [-0.2, 0) is 11.3 Å². The SMILES string of the molecule is CCNC(=NCc1nc(-c2ccco2)n[nH]1)NCC(C(CC)CC)N1CCOCC1.I. The molecule has 1 atom stereocenters. The summed E-state index contributed by atoms with van der Waals surface area (Å²) in [6.45, 7) is 12.3. The molecule has 0 spiro atoms. The zero-order valence-electron chi connectivity index (χ0n) is 18.8. The fourth-order valence-corrected chi connectivity index (χ4v) is 3.91. The normalized spacial score (nSPS) is 16.2. The van der Waals surface area contributed by atoms with Gasteiger partial charge in [-0.15, -0.1) is 29.1 Å². The van der Waals surface area contributed by atoms with Crippen molar-refractivity contribution >= 4 is 29.9 Å². The van der Waals surface area contributed by atoms with Crippen molar-refractivity contribution < 1.29 is 9.15 Å². The molecule has 0 radical (unpaired) electrons. The zero-order chi connectivity index (χ0) is 21.2. The Morgan fingerprint density at radius 2 is 2.00 bits per heavy atom. The highest BCUT2D eigenvalue weighted by Crippen LogP contribution is 2.19. The summed E-state index contributed by atoms with van der Waals surface area (Å²) < 4.78 is 10.9. The molecule has 174 valence electrons. The number of nitrogens with one attached hydrogen (secondary N) is 3. The molecular formula is C21H36IN7O2. The summed E-state index contributed by atoms with van der Waals surface area (Å²) >= 11 is 0. The Morgan fingerprint density at radius 3 is 2.65 bits per heavy atom. The van der Waals surface area contributed by atoms with Gasteiger partial charge in [0.25, 0.3) is 0 Å². The molecule has 0 bridgehead atoms. The van der Waals surface area contributed by atoms with Gasteiger partial charge in [-0.25, -0.2) is 9.98 Å². The number of aromatic nitrogens is 3. The molecule has 1 unspecified atom stereocenters. The first kappa shape index (κ1) is 25.6. The van der Waals surface area contributed by atoms with Crippen molar-refractivity contribution in [3.63, 3.8) is 0 Å². The third kappa shape index (κ3) is 7.46. The number of aromatic amines is 1. The van der Waals surface area contributed by atoms with Gasteiger partial charge in [-0.3, -0.25) is 10.00 Å². The van der Waals surface area contributed by atoms with Crippen LogP contribution in [-0.4, -0.2) is 71.5 Å². The summed E-state index contributed by atoms with van der Waals surface area (Å²) in [4.78, 5) is 11.7. The van der Waals surface area contributed by atoms with Crippen LogP contribution in [0.15, 0.2) is 27.8 Å². The fourth-order valence-electron chi connectivity index (χ4n) is 3.91. The van der Waals surface area contributed by atoms with Crippen molar-refractivity contribution in [2.45, 2.75) is 46.2 Å². The molecule has 3 heterocycles. The Hall–Kier alpha value is -1.66. The number of aliphatic imine (C=N–C) groups is 1. The average Bonchev–Trinajstić information content (AvgIpc) is 3.47. The number of hydrogen-bond donors (Lipinski definition) is 3. The van der Waals surface area contributed by atoms with Crippen LogP contribution in [0.1, 0.15) is 39.4 Å². The first-order valence-corrected chi connectivity index (χ1v) is 11.0. The maximum atomic E-state index is 5.56. The van der Waals surface area contributed by atoms with E-state index in [2.05, 4.69) is 51.5 Å². The second-order valence-electron chi connectivity index (χ2n) is 7.45. The van der Waals surface area contributed by atoms with Crippen LogP contribution >= 0.6 is 24.0 Å². The van der Waals surface area contributed by atoms with Gasteiger partial charge in [-0.1, -0.05) is 26.7 Å². The molecule has 0 amide bonds. The third-order valence-corrected chi connectivity index (χ3v) is 5.59. The lowest BCUT2D eigenvalue weighted by Crippen LogP contribution is -2.53. The zero-order valence-corrected chi connectivity index (χ0v) is 21.1. The number of halogens is 1. The monoisotopic (exact) mass is 545 g/mol. The summed E-state index contributed by atoms with van der Waals surface area (Å²) in [5.41, 5.74) is 0. The van der Waals surface area contributed by atoms with Gasteiger partial charge < -0.3 is 19.8 Å². The van der Waals surface area contributed by atoms with Crippen molar-refractivity contribution in [1.82, 2.24) is 30.7 Å². The molecule has 2 aromatic heterocycles. The molecule has 2 aromatic rings. The molecule has 0 aromatic carbocycles. The lowest BCUT2D eigenvalue weighted by molar-refractivity contribution is 0.00272. The Bertz CT molecular complexity index is 756. The molecule has 3 rings (SSSR count). The summed E-state index contributed by atoms with van der Waals surface area (Å²) in [7, 11) is 0. The van der Waals surface area contributed by atoms with E-state index in [-0.39, 0.29) is 24.0 Å². The maximum Gasteiger partial charge on any atom is 0.216 e. The number of morpholine rings is 1. The lowest BCUT2D eigenvalue weighted by Gasteiger charge is -2.39. The Labute approximate surface area is 201 Å². The second-order valence-corrected chi connectivity index (χ2v) is 7.45.